The lowest BCUT2D eigenvalue weighted by Crippen LogP contribution is -2.58. The molecular formula is C33H45N3O7. The van der Waals surface area contributed by atoms with E-state index in [9.17, 15) is 24.3 Å². The van der Waals surface area contributed by atoms with Gasteiger partial charge in [0.15, 0.2) is 0 Å². The molecule has 234 valence electrons. The van der Waals surface area contributed by atoms with E-state index in [1.807, 2.05) is 32.0 Å². The van der Waals surface area contributed by atoms with Crippen LogP contribution in [-0.4, -0.2) is 64.7 Å². The molecule has 1 saturated carbocycles. The minimum absolute atomic E-state index is 0.000230. The van der Waals surface area contributed by atoms with Crippen LogP contribution in [0, 0.1) is 13.8 Å². The topological polar surface area (TPSA) is 134 Å². The van der Waals surface area contributed by atoms with Gasteiger partial charge in [0.05, 0.1) is 13.0 Å². The first-order chi connectivity index (χ1) is 20.3. The molecule has 0 aliphatic heterocycles. The molecule has 10 heteroatoms. The lowest BCUT2D eigenvalue weighted by atomic mass is 9.86. The Bertz CT molecular complexity index is 1280. The molecule has 0 aromatic heterocycles. The Labute approximate surface area is 254 Å². The molecule has 0 saturated heterocycles. The van der Waals surface area contributed by atoms with E-state index in [4.69, 9.17) is 9.47 Å². The minimum Gasteiger partial charge on any atom is -0.508 e. The monoisotopic (exact) mass is 595 g/mol. The second-order valence-corrected chi connectivity index (χ2v) is 12.0. The number of phenolic OH excluding ortho intramolecular Hbond substituents is 1. The molecular weight excluding hydrogens is 550 g/mol. The standard InChI is InChI=1S/C33H45N3O7/c1-7-42-28(38)17-18-34-30(39)29(26-16-11-21(2)19-22(26)3)36(24-9-8-10-24)31(40)27(35-32(41)43-33(4,5)6)20-23-12-14-25(37)15-13-23/h11-16,19,24,27,29,37H,7-10,17-18,20H2,1-6H3,(H,34,39)(H,35,41). The number of carbonyl (C=O) groups is 4. The van der Waals surface area contributed by atoms with Crippen LogP contribution in [0.25, 0.3) is 0 Å². The highest BCUT2D eigenvalue weighted by molar-refractivity contribution is 5.93. The number of aromatic hydroxyl groups is 1. The highest BCUT2D eigenvalue weighted by Crippen LogP contribution is 2.35. The van der Waals surface area contributed by atoms with Gasteiger partial charge in [-0.3, -0.25) is 14.4 Å². The molecule has 3 rings (SSSR count). The molecule has 2 aromatic carbocycles. The van der Waals surface area contributed by atoms with Gasteiger partial charge < -0.3 is 30.1 Å². The third kappa shape index (κ3) is 9.73. The summed E-state index contributed by atoms with van der Waals surface area (Å²) in [6, 6.07) is 9.85. The van der Waals surface area contributed by atoms with Crippen molar-refractivity contribution in [3.8, 4) is 5.75 Å². The van der Waals surface area contributed by atoms with Gasteiger partial charge in [0.2, 0.25) is 11.8 Å². The largest absolute Gasteiger partial charge is 0.508 e. The molecule has 10 nitrogen and oxygen atoms in total. The predicted molar refractivity (Wildman–Crippen MR) is 162 cm³/mol. The Hall–Kier alpha value is -4.08. The van der Waals surface area contributed by atoms with Gasteiger partial charge in [-0.1, -0.05) is 35.9 Å². The van der Waals surface area contributed by atoms with Gasteiger partial charge in [-0.25, -0.2) is 4.79 Å². The van der Waals surface area contributed by atoms with Crippen LogP contribution in [0.4, 0.5) is 4.79 Å². The van der Waals surface area contributed by atoms with Gasteiger partial charge in [-0.05, 0) is 89.6 Å². The molecule has 43 heavy (non-hydrogen) atoms. The average Bonchev–Trinajstić information content (AvgIpc) is 2.88. The summed E-state index contributed by atoms with van der Waals surface area (Å²) in [6.07, 6.45) is 1.69. The third-order valence-corrected chi connectivity index (χ3v) is 7.27. The number of nitrogens with zero attached hydrogens (tertiary/aromatic N) is 1. The van der Waals surface area contributed by atoms with Crippen LogP contribution in [0.2, 0.25) is 0 Å². The summed E-state index contributed by atoms with van der Waals surface area (Å²) in [5, 5.41) is 15.4. The van der Waals surface area contributed by atoms with Crippen LogP contribution < -0.4 is 10.6 Å². The number of benzene rings is 2. The number of ether oxygens (including phenoxy) is 2. The van der Waals surface area contributed by atoms with E-state index >= 15 is 0 Å². The number of hydrogen-bond acceptors (Lipinski definition) is 7. The van der Waals surface area contributed by atoms with Crippen molar-refractivity contribution in [3.05, 3.63) is 64.7 Å². The molecule has 2 atom stereocenters. The fraction of sp³-hybridized carbons (Fsp3) is 0.515. The van der Waals surface area contributed by atoms with Crippen molar-refractivity contribution in [2.45, 2.75) is 97.4 Å². The number of aryl methyl sites for hydroxylation is 2. The summed E-state index contributed by atoms with van der Waals surface area (Å²) in [5.74, 6) is -1.18. The van der Waals surface area contributed by atoms with Gasteiger partial charge in [0.25, 0.3) is 0 Å². The average molecular weight is 596 g/mol. The summed E-state index contributed by atoms with van der Waals surface area (Å²) in [7, 11) is 0. The normalized spacial score (nSPS) is 14.6. The molecule has 1 fully saturated rings. The van der Waals surface area contributed by atoms with E-state index in [1.54, 1.807) is 44.7 Å². The zero-order chi connectivity index (χ0) is 31.7. The fourth-order valence-electron chi connectivity index (χ4n) is 5.05. The first-order valence-corrected chi connectivity index (χ1v) is 14.9. The van der Waals surface area contributed by atoms with E-state index in [0.717, 1.165) is 17.5 Å². The van der Waals surface area contributed by atoms with Crippen molar-refractivity contribution in [2.75, 3.05) is 13.2 Å². The molecule has 1 aliphatic carbocycles. The fourth-order valence-corrected chi connectivity index (χ4v) is 5.05. The molecule has 0 spiro atoms. The lowest BCUT2D eigenvalue weighted by molar-refractivity contribution is -0.148. The maximum absolute atomic E-state index is 14.6. The molecule has 2 aromatic rings. The van der Waals surface area contributed by atoms with E-state index < -0.39 is 41.6 Å². The van der Waals surface area contributed by atoms with Crippen molar-refractivity contribution < 1.29 is 33.8 Å². The summed E-state index contributed by atoms with van der Waals surface area (Å²) in [5.41, 5.74) is 2.45. The zero-order valence-electron chi connectivity index (χ0n) is 26.1. The first kappa shape index (κ1) is 33.4. The van der Waals surface area contributed by atoms with E-state index in [2.05, 4.69) is 10.6 Å². The molecule has 2 unspecified atom stereocenters. The van der Waals surface area contributed by atoms with Gasteiger partial charge >= 0.3 is 12.1 Å². The molecule has 0 heterocycles. The van der Waals surface area contributed by atoms with Gasteiger partial charge in [0, 0.05) is 19.0 Å². The number of hydrogen-bond donors (Lipinski definition) is 3. The maximum Gasteiger partial charge on any atom is 0.408 e. The van der Waals surface area contributed by atoms with E-state index in [1.165, 1.54) is 12.1 Å². The van der Waals surface area contributed by atoms with Gasteiger partial charge in [-0.2, -0.15) is 0 Å². The van der Waals surface area contributed by atoms with Crippen molar-refractivity contribution in [3.63, 3.8) is 0 Å². The summed E-state index contributed by atoms with van der Waals surface area (Å²) < 4.78 is 10.5. The molecule has 0 bridgehead atoms. The quantitative estimate of drug-likeness (QED) is 0.305. The SMILES string of the molecule is CCOC(=O)CCNC(=O)C(c1ccc(C)cc1C)N(C(=O)C(Cc1ccc(O)cc1)NC(=O)OC(C)(C)C)C1CCC1. The van der Waals surface area contributed by atoms with Crippen molar-refractivity contribution in [1.29, 1.82) is 0 Å². The first-order valence-electron chi connectivity index (χ1n) is 14.9. The molecule has 3 N–H and O–H groups in total. The van der Waals surface area contributed by atoms with Gasteiger partial charge in [-0.15, -0.1) is 0 Å². The number of carbonyl (C=O) groups excluding carboxylic acids is 4. The van der Waals surface area contributed by atoms with E-state index in [-0.39, 0.29) is 37.8 Å². The highest BCUT2D eigenvalue weighted by Gasteiger charge is 2.42. The second kappa shape index (κ2) is 14.9. The minimum atomic E-state index is -1.06. The maximum atomic E-state index is 14.6. The lowest BCUT2D eigenvalue weighted by Gasteiger charge is -2.44. The van der Waals surface area contributed by atoms with Crippen molar-refractivity contribution >= 4 is 23.9 Å². The predicted octanol–water partition coefficient (Wildman–Crippen LogP) is 4.64. The summed E-state index contributed by atoms with van der Waals surface area (Å²) >= 11 is 0. The van der Waals surface area contributed by atoms with Gasteiger partial charge in [0.1, 0.15) is 23.4 Å². The Morgan fingerprint density at radius 3 is 2.28 bits per heavy atom. The summed E-state index contributed by atoms with van der Waals surface area (Å²) in [6.45, 7) is 11.1. The number of esters is 1. The molecule has 3 amide bonds. The number of phenols is 1. The van der Waals surface area contributed by atoms with Crippen molar-refractivity contribution in [2.24, 2.45) is 0 Å². The second-order valence-electron chi connectivity index (χ2n) is 12.0. The van der Waals surface area contributed by atoms with Crippen LogP contribution in [0.3, 0.4) is 0 Å². The number of rotatable bonds is 12. The van der Waals surface area contributed by atoms with Crippen LogP contribution in [0.5, 0.6) is 5.75 Å². The Morgan fingerprint density at radius 2 is 1.72 bits per heavy atom. The number of alkyl carbamates (subject to hydrolysis) is 1. The highest BCUT2D eigenvalue weighted by atomic mass is 16.6. The van der Waals surface area contributed by atoms with Crippen LogP contribution in [0.1, 0.15) is 81.7 Å². The third-order valence-electron chi connectivity index (χ3n) is 7.27. The Kier molecular flexibility index (Phi) is 11.6. The Morgan fingerprint density at radius 1 is 1.05 bits per heavy atom. The number of nitrogens with one attached hydrogen (secondary N) is 2. The summed E-state index contributed by atoms with van der Waals surface area (Å²) in [4.78, 5) is 55.0. The van der Waals surface area contributed by atoms with Crippen LogP contribution in [0.15, 0.2) is 42.5 Å². The van der Waals surface area contributed by atoms with E-state index in [0.29, 0.717) is 24.0 Å². The van der Waals surface area contributed by atoms with Crippen LogP contribution in [-0.2, 0) is 30.3 Å². The van der Waals surface area contributed by atoms with Crippen LogP contribution >= 0.6 is 0 Å². The molecule has 1 aliphatic rings. The smallest absolute Gasteiger partial charge is 0.408 e. The molecule has 0 radical (unpaired) electrons. The van der Waals surface area contributed by atoms with Crippen molar-refractivity contribution in [1.82, 2.24) is 15.5 Å². The Balaban J connectivity index is 2.02. The number of amides is 3. The zero-order valence-corrected chi connectivity index (χ0v) is 26.1.